The van der Waals surface area contributed by atoms with E-state index in [-0.39, 0.29) is 5.91 Å². The summed E-state index contributed by atoms with van der Waals surface area (Å²) in [6.07, 6.45) is 7.24. The fourth-order valence-corrected chi connectivity index (χ4v) is 3.73. The zero-order valence-electron chi connectivity index (χ0n) is 13.6. The molecule has 0 atom stereocenters. The van der Waals surface area contributed by atoms with Crippen molar-refractivity contribution >= 4 is 27.5 Å². The van der Waals surface area contributed by atoms with E-state index in [1.165, 1.54) is 25.7 Å². The summed E-state index contributed by atoms with van der Waals surface area (Å²) in [5.74, 6) is -1.28. The first kappa shape index (κ1) is 16.9. The van der Waals surface area contributed by atoms with E-state index in [9.17, 15) is 4.79 Å². The van der Waals surface area contributed by atoms with Crippen LogP contribution in [0.1, 0.15) is 51.0 Å². The van der Waals surface area contributed by atoms with Crippen LogP contribution in [0.5, 0.6) is 0 Å². The molecule has 1 aromatic rings. The van der Waals surface area contributed by atoms with E-state index in [4.69, 9.17) is 9.47 Å². The van der Waals surface area contributed by atoms with Crippen molar-refractivity contribution in [3.05, 3.63) is 28.2 Å². The molecule has 0 radical (unpaired) electrons. The number of amides is 1. The van der Waals surface area contributed by atoms with E-state index in [0.717, 1.165) is 35.1 Å². The molecule has 0 unspecified atom stereocenters. The van der Waals surface area contributed by atoms with Crippen molar-refractivity contribution in [2.75, 3.05) is 24.7 Å². The van der Waals surface area contributed by atoms with Crippen LogP contribution in [0.4, 0.5) is 5.69 Å². The average Bonchev–Trinajstić information content (AvgIpc) is 3.12. The Morgan fingerprint density at radius 1 is 1.13 bits per heavy atom. The van der Waals surface area contributed by atoms with E-state index in [1.807, 2.05) is 23.1 Å². The number of fused-ring (bicyclic) bond motifs is 2. The summed E-state index contributed by atoms with van der Waals surface area (Å²) in [6.45, 7) is 3.87. The number of rotatable bonds is 7. The third kappa shape index (κ3) is 3.19. The maximum absolute atomic E-state index is 12.9. The minimum Gasteiger partial charge on any atom is -0.336 e. The highest BCUT2D eigenvalue weighted by Gasteiger charge is 2.55. The molecular formula is C18H24BrNO3. The number of nitrogens with zero attached hydrogens (tertiary/aromatic N) is 1. The highest BCUT2D eigenvalue weighted by molar-refractivity contribution is 9.10. The first-order chi connectivity index (χ1) is 11.2. The molecule has 3 rings (SSSR count). The molecule has 5 heteroatoms. The average molecular weight is 382 g/mol. The lowest BCUT2D eigenvalue weighted by Gasteiger charge is -2.22. The predicted molar refractivity (Wildman–Crippen MR) is 93.5 cm³/mol. The fourth-order valence-electron chi connectivity index (χ4n) is 3.37. The van der Waals surface area contributed by atoms with Crippen LogP contribution in [0.3, 0.4) is 0 Å². The van der Waals surface area contributed by atoms with Gasteiger partial charge in [-0.2, -0.15) is 0 Å². The number of unbranched alkanes of at least 4 members (excludes halogenated alkanes) is 5. The molecule has 1 spiro atoms. The highest BCUT2D eigenvalue weighted by Crippen LogP contribution is 2.46. The normalized spacial score (nSPS) is 18.9. The third-order valence-corrected chi connectivity index (χ3v) is 5.05. The van der Waals surface area contributed by atoms with Crippen LogP contribution in [0, 0.1) is 0 Å². The van der Waals surface area contributed by atoms with Crippen LogP contribution in [0.15, 0.2) is 22.7 Å². The number of ether oxygens (including phenoxy) is 2. The number of carbonyl (C=O) groups is 1. The molecule has 2 aliphatic rings. The summed E-state index contributed by atoms with van der Waals surface area (Å²) in [5.41, 5.74) is 1.76. The second-order valence-electron chi connectivity index (χ2n) is 6.20. The number of carbonyl (C=O) groups excluding carboxylic acids is 1. The second kappa shape index (κ2) is 7.32. The van der Waals surface area contributed by atoms with Crippen LogP contribution in [0.2, 0.25) is 0 Å². The molecule has 23 heavy (non-hydrogen) atoms. The molecular weight excluding hydrogens is 358 g/mol. The quantitative estimate of drug-likeness (QED) is 0.658. The van der Waals surface area contributed by atoms with Gasteiger partial charge in [0.25, 0.3) is 11.7 Å². The molecule has 1 fully saturated rings. The Balaban J connectivity index is 1.71. The maximum atomic E-state index is 12.9. The molecule has 0 bridgehead atoms. The van der Waals surface area contributed by atoms with Gasteiger partial charge in [0, 0.05) is 16.6 Å². The highest BCUT2D eigenvalue weighted by atomic mass is 79.9. The van der Waals surface area contributed by atoms with Crippen LogP contribution in [-0.4, -0.2) is 25.7 Å². The Hall–Kier alpha value is -0.910. The summed E-state index contributed by atoms with van der Waals surface area (Å²) in [5, 5.41) is 0. The lowest BCUT2D eigenvalue weighted by atomic mass is 10.1. The van der Waals surface area contributed by atoms with Gasteiger partial charge in [-0.25, -0.2) is 0 Å². The van der Waals surface area contributed by atoms with Crippen molar-refractivity contribution in [2.24, 2.45) is 0 Å². The van der Waals surface area contributed by atoms with E-state index in [0.29, 0.717) is 13.2 Å². The number of hydrogen-bond acceptors (Lipinski definition) is 3. The number of benzene rings is 1. The summed E-state index contributed by atoms with van der Waals surface area (Å²) in [6, 6.07) is 5.89. The second-order valence-corrected chi connectivity index (χ2v) is 7.12. The zero-order chi connectivity index (χ0) is 16.3. The van der Waals surface area contributed by atoms with Gasteiger partial charge >= 0.3 is 0 Å². The standard InChI is InChI=1S/C18H24BrNO3/c1-2-3-4-5-6-7-10-20-16-9-8-14(19)13-15(16)18(17(20)21)22-11-12-23-18/h8-9,13H,2-7,10-12H2,1H3. The lowest BCUT2D eigenvalue weighted by Crippen LogP contribution is -2.41. The number of anilines is 1. The van der Waals surface area contributed by atoms with E-state index in [1.54, 1.807) is 0 Å². The van der Waals surface area contributed by atoms with Crippen molar-refractivity contribution in [2.45, 2.75) is 51.2 Å². The summed E-state index contributed by atoms with van der Waals surface area (Å²) < 4.78 is 12.4. The van der Waals surface area contributed by atoms with Gasteiger partial charge in [0.15, 0.2) is 0 Å². The molecule has 2 heterocycles. The topological polar surface area (TPSA) is 38.8 Å². The minimum absolute atomic E-state index is 0.0725. The molecule has 1 saturated heterocycles. The van der Waals surface area contributed by atoms with Gasteiger partial charge < -0.3 is 14.4 Å². The Kier molecular flexibility index (Phi) is 5.39. The maximum Gasteiger partial charge on any atom is 0.292 e. The van der Waals surface area contributed by atoms with E-state index >= 15 is 0 Å². The Morgan fingerprint density at radius 3 is 2.57 bits per heavy atom. The summed E-state index contributed by atoms with van der Waals surface area (Å²) >= 11 is 3.48. The summed E-state index contributed by atoms with van der Waals surface area (Å²) in [7, 11) is 0. The van der Waals surface area contributed by atoms with Gasteiger partial charge in [-0.05, 0) is 24.6 Å². The number of halogens is 1. The largest absolute Gasteiger partial charge is 0.336 e. The van der Waals surface area contributed by atoms with E-state index < -0.39 is 5.79 Å². The smallest absolute Gasteiger partial charge is 0.292 e. The predicted octanol–water partition coefficient (Wildman–Crippen LogP) is 4.36. The Labute approximate surface area is 146 Å². The molecule has 1 amide bonds. The third-order valence-electron chi connectivity index (χ3n) is 4.56. The molecule has 4 nitrogen and oxygen atoms in total. The van der Waals surface area contributed by atoms with Crippen LogP contribution in [0.25, 0.3) is 0 Å². The zero-order valence-corrected chi connectivity index (χ0v) is 15.2. The molecule has 0 saturated carbocycles. The molecule has 2 aliphatic heterocycles. The van der Waals surface area contributed by atoms with Crippen molar-refractivity contribution in [1.82, 2.24) is 0 Å². The number of hydrogen-bond donors (Lipinski definition) is 0. The first-order valence-electron chi connectivity index (χ1n) is 8.59. The van der Waals surface area contributed by atoms with Crippen molar-refractivity contribution in [3.63, 3.8) is 0 Å². The van der Waals surface area contributed by atoms with E-state index in [2.05, 4.69) is 22.9 Å². The lowest BCUT2D eigenvalue weighted by molar-refractivity contribution is -0.180. The molecule has 1 aromatic carbocycles. The SMILES string of the molecule is CCCCCCCCN1C(=O)C2(OCCO2)c2cc(Br)ccc21. The molecule has 0 N–H and O–H groups in total. The monoisotopic (exact) mass is 381 g/mol. The van der Waals surface area contributed by atoms with Gasteiger partial charge in [0.05, 0.1) is 18.9 Å². The minimum atomic E-state index is -1.21. The van der Waals surface area contributed by atoms with Gasteiger partial charge in [-0.3, -0.25) is 4.79 Å². The molecule has 0 aliphatic carbocycles. The molecule has 0 aromatic heterocycles. The Morgan fingerprint density at radius 2 is 1.83 bits per heavy atom. The van der Waals surface area contributed by atoms with Crippen LogP contribution >= 0.6 is 15.9 Å². The van der Waals surface area contributed by atoms with Gasteiger partial charge in [0.2, 0.25) is 0 Å². The fraction of sp³-hybridized carbons (Fsp3) is 0.611. The van der Waals surface area contributed by atoms with Gasteiger partial charge in [-0.15, -0.1) is 0 Å². The Bertz CT molecular complexity index is 569. The van der Waals surface area contributed by atoms with Gasteiger partial charge in [-0.1, -0.05) is 55.0 Å². The van der Waals surface area contributed by atoms with Crippen molar-refractivity contribution in [1.29, 1.82) is 0 Å². The summed E-state index contributed by atoms with van der Waals surface area (Å²) in [4.78, 5) is 14.8. The van der Waals surface area contributed by atoms with Gasteiger partial charge in [0.1, 0.15) is 0 Å². The van der Waals surface area contributed by atoms with Crippen molar-refractivity contribution in [3.8, 4) is 0 Å². The van der Waals surface area contributed by atoms with Crippen molar-refractivity contribution < 1.29 is 14.3 Å². The molecule has 126 valence electrons. The first-order valence-corrected chi connectivity index (χ1v) is 9.38. The van der Waals surface area contributed by atoms with Crippen LogP contribution in [-0.2, 0) is 20.1 Å². The van der Waals surface area contributed by atoms with Crippen LogP contribution < -0.4 is 4.90 Å².